The Bertz CT molecular complexity index is 610. The van der Waals surface area contributed by atoms with Crippen LogP contribution in [-0.2, 0) is 14.8 Å². The summed E-state index contributed by atoms with van der Waals surface area (Å²) in [4.78, 5) is 0.0634. The topological polar surface area (TPSA) is 66.8 Å². The molecule has 2 atom stereocenters. The van der Waals surface area contributed by atoms with E-state index in [0.717, 1.165) is 18.6 Å². The second kappa shape index (κ2) is 5.31. The lowest BCUT2D eigenvalue weighted by molar-refractivity contribution is -0.117. The SMILES string of the molecule is O=S(=O)(c1ccc(F)cc1)N1CC[C@H](O)[C@]2(CCCO2)C1. The summed E-state index contributed by atoms with van der Waals surface area (Å²) in [6.07, 6.45) is 1.19. The third-order valence-electron chi connectivity index (χ3n) is 4.29. The van der Waals surface area contributed by atoms with Gasteiger partial charge >= 0.3 is 0 Å². The first-order chi connectivity index (χ1) is 9.94. The maximum Gasteiger partial charge on any atom is 0.243 e. The van der Waals surface area contributed by atoms with E-state index in [1.807, 2.05) is 0 Å². The zero-order valence-electron chi connectivity index (χ0n) is 11.5. The maximum atomic E-state index is 12.9. The number of rotatable bonds is 2. The van der Waals surface area contributed by atoms with Crippen LogP contribution < -0.4 is 0 Å². The third kappa shape index (κ3) is 2.59. The normalized spacial score (nSPS) is 30.9. The van der Waals surface area contributed by atoms with Gasteiger partial charge in [0.1, 0.15) is 11.4 Å². The molecule has 2 heterocycles. The van der Waals surface area contributed by atoms with E-state index in [4.69, 9.17) is 4.74 Å². The summed E-state index contributed by atoms with van der Waals surface area (Å²) in [7, 11) is -3.69. The predicted octanol–water partition coefficient (Wildman–Crippen LogP) is 1.13. The molecule has 0 aliphatic carbocycles. The van der Waals surface area contributed by atoms with Crippen LogP contribution in [-0.4, -0.2) is 49.2 Å². The van der Waals surface area contributed by atoms with Crippen molar-refractivity contribution in [2.45, 2.75) is 35.9 Å². The predicted molar refractivity (Wildman–Crippen MR) is 73.7 cm³/mol. The van der Waals surface area contributed by atoms with Gasteiger partial charge in [0.25, 0.3) is 0 Å². The molecule has 1 spiro atoms. The Morgan fingerprint density at radius 3 is 2.67 bits per heavy atom. The van der Waals surface area contributed by atoms with Crippen LogP contribution in [0.3, 0.4) is 0 Å². The van der Waals surface area contributed by atoms with Gasteiger partial charge in [-0.3, -0.25) is 0 Å². The van der Waals surface area contributed by atoms with Crippen LogP contribution in [0.4, 0.5) is 4.39 Å². The lowest BCUT2D eigenvalue weighted by Crippen LogP contribution is -2.57. The number of benzene rings is 1. The molecule has 0 amide bonds. The van der Waals surface area contributed by atoms with E-state index in [2.05, 4.69) is 0 Å². The van der Waals surface area contributed by atoms with Gasteiger partial charge in [-0.1, -0.05) is 0 Å². The van der Waals surface area contributed by atoms with E-state index in [0.29, 0.717) is 19.4 Å². The number of halogens is 1. The van der Waals surface area contributed by atoms with Gasteiger partial charge in [-0.15, -0.1) is 0 Å². The minimum Gasteiger partial charge on any atom is -0.390 e. The van der Waals surface area contributed by atoms with Gasteiger partial charge in [0.05, 0.1) is 11.0 Å². The molecular weight excluding hydrogens is 297 g/mol. The van der Waals surface area contributed by atoms with Crippen LogP contribution in [0.15, 0.2) is 29.2 Å². The number of aliphatic hydroxyl groups is 1. The molecular formula is C14H18FNO4S. The molecule has 2 aliphatic rings. The van der Waals surface area contributed by atoms with Gasteiger partial charge in [-0.05, 0) is 43.5 Å². The zero-order valence-corrected chi connectivity index (χ0v) is 12.4. The van der Waals surface area contributed by atoms with Crippen LogP contribution in [0.2, 0.25) is 0 Å². The van der Waals surface area contributed by atoms with E-state index in [1.165, 1.54) is 16.4 Å². The summed E-state index contributed by atoms with van der Waals surface area (Å²) in [5.41, 5.74) is -0.786. The van der Waals surface area contributed by atoms with Crippen molar-refractivity contribution in [3.8, 4) is 0 Å². The lowest BCUT2D eigenvalue weighted by Gasteiger charge is -2.42. The van der Waals surface area contributed by atoms with Gasteiger partial charge < -0.3 is 9.84 Å². The maximum absolute atomic E-state index is 12.9. The molecule has 2 fully saturated rings. The fraction of sp³-hybridized carbons (Fsp3) is 0.571. The number of hydrogen-bond acceptors (Lipinski definition) is 4. The average Bonchev–Trinajstić information content (AvgIpc) is 2.92. The second-order valence-electron chi connectivity index (χ2n) is 5.61. The van der Waals surface area contributed by atoms with Crippen molar-refractivity contribution in [3.05, 3.63) is 30.1 Å². The zero-order chi connectivity index (χ0) is 15.1. The quantitative estimate of drug-likeness (QED) is 0.888. The molecule has 116 valence electrons. The number of sulfonamides is 1. The molecule has 3 rings (SSSR count). The van der Waals surface area contributed by atoms with Crippen molar-refractivity contribution in [1.29, 1.82) is 0 Å². The minimum atomic E-state index is -3.69. The van der Waals surface area contributed by atoms with Crippen molar-refractivity contribution in [2.24, 2.45) is 0 Å². The summed E-state index contributed by atoms with van der Waals surface area (Å²) in [6, 6.07) is 4.79. The van der Waals surface area contributed by atoms with E-state index in [1.54, 1.807) is 0 Å². The summed E-state index contributed by atoms with van der Waals surface area (Å²) in [6.45, 7) is 0.932. The molecule has 0 unspecified atom stereocenters. The summed E-state index contributed by atoms with van der Waals surface area (Å²) >= 11 is 0. The number of aliphatic hydroxyl groups excluding tert-OH is 1. The fourth-order valence-electron chi connectivity index (χ4n) is 3.08. The highest BCUT2D eigenvalue weighted by atomic mass is 32.2. The first kappa shape index (κ1) is 14.9. The Hall–Kier alpha value is -1.02. The summed E-state index contributed by atoms with van der Waals surface area (Å²) in [5, 5.41) is 10.2. The third-order valence-corrected chi connectivity index (χ3v) is 6.15. The highest BCUT2D eigenvalue weighted by Gasteiger charge is 2.48. The van der Waals surface area contributed by atoms with Crippen molar-refractivity contribution < 1.29 is 22.7 Å². The number of piperidine rings is 1. The van der Waals surface area contributed by atoms with Crippen molar-refractivity contribution >= 4 is 10.0 Å². The van der Waals surface area contributed by atoms with E-state index < -0.39 is 27.5 Å². The smallest absolute Gasteiger partial charge is 0.243 e. The van der Waals surface area contributed by atoms with Crippen molar-refractivity contribution in [3.63, 3.8) is 0 Å². The standard InChI is InChI=1S/C14H18FNO4S/c15-11-2-4-12(5-3-11)21(18,19)16-8-6-13(17)14(10-16)7-1-9-20-14/h2-5,13,17H,1,6-10H2/t13-,14-/m0/s1. The van der Waals surface area contributed by atoms with Gasteiger partial charge in [-0.2, -0.15) is 4.31 Å². The number of ether oxygens (including phenoxy) is 1. The van der Waals surface area contributed by atoms with Crippen molar-refractivity contribution in [2.75, 3.05) is 19.7 Å². The highest BCUT2D eigenvalue weighted by molar-refractivity contribution is 7.89. The van der Waals surface area contributed by atoms with Gasteiger partial charge in [0.15, 0.2) is 0 Å². The fourth-order valence-corrected chi connectivity index (χ4v) is 4.59. The number of nitrogens with zero attached hydrogens (tertiary/aromatic N) is 1. The molecule has 0 radical (unpaired) electrons. The molecule has 0 bridgehead atoms. The van der Waals surface area contributed by atoms with Gasteiger partial charge in [0.2, 0.25) is 10.0 Å². The first-order valence-corrected chi connectivity index (χ1v) is 8.46. The summed E-state index contributed by atoms with van der Waals surface area (Å²) in [5.74, 6) is -0.474. The molecule has 7 heteroatoms. The van der Waals surface area contributed by atoms with E-state index >= 15 is 0 Å². The molecule has 1 aromatic carbocycles. The Kier molecular flexibility index (Phi) is 3.77. The Balaban J connectivity index is 1.87. The minimum absolute atomic E-state index is 0.0634. The highest BCUT2D eigenvalue weighted by Crippen LogP contribution is 2.36. The monoisotopic (exact) mass is 315 g/mol. The lowest BCUT2D eigenvalue weighted by atomic mass is 9.88. The van der Waals surface area contributed by atoms with Gasteiger partial charge in [0, 0.05) is 19.7 Å². The summed E-state index contributed by atoms with van der Waals surface area (Å²) < 4.78 is 45.2. The Morgan fingerprint density at radius 1 is 1.33 bits per heavy atom. The Labute approximate surface area is 123 Å². The van der Waals surface area contributed by atoms with E-state index in [9.17, 15) is 17.9 Å². The molecule has 5 nitrogen and oxygen atoms in total. The van der Waals surface area contributed by atoms with Gasteiger partial charge in [-0.25, -0.2) is 12.8 Å². The molecule has 1 N–H and O–H groups in total. The Morgan fingerprint density at radius 2 is 2.05 bits per heavy atom. The van der Waals surface area contributed by atoms with Crippen molar-refractivity contribution in [1.82, 2.24) is 4.31 Å². The largest absolute Gasteiger partial charge is 0.390 e. The average molecular weight is 315 g/mol. The number of hydrogen-bond donors (Lipinski definition) is 1. The van der Waals surface area contributed by atoms with Crippen LogP contribution in [0.5, 0.6) is 0 Å². The van der Waals surface area contributed by atoms with Crippen LogP contribution in [0.25, 0.3) is 0 Å². The molecule has 2 aliphatic heterocycles. The first-order valence-electron chi connectivity index (χ1n) is 7.02. The molecule has 2 saturated heterocycles. The molecule has 1 aromatic rings. The second-order valence-corrected chi connectivity index (χ2v) is 7.55. The van der Waals surface area contributed by atoms with E-state index in [-0.39, 0.29) is 18.0 Å². The molecule has 0 aromatic heterocycles. The molecule has 0 saturated carbocycles. The molecule has 21 heavy (non-hydrogen) atoms. The van der Waals surface area contributed by atoms with Crippen LogP contribution in [0.1, 0.15) is 19.3 Å². The van der Waals surface area contributed by atoms with Crippen LogP contribution >= 0.6 is 0 Å². The van der Waals surface area contributed by atoms with Crippen LogP contribution in [0, 0.1) is 5.82 Å².